The number of hydrogen-bond acceptors (Lipinski definition) is 2. The second-order valence-electron chi connectivity index (χ2n) is 8.86. The number of benzene rings is 1. The molecule has 0 unspecified atom stereocenters. The Morgan fingerprint density at radius 1 is 0.923 bits per heavy atom. The molecule has 1 aromatic carbocycles. The number of carbonyl (C=O) groups is 1. The fourth-order valence-corrected chi connectivity index (χ4v) is 13.0. The second-order valence-corrected chi connectivity index (χ2v) is 14.7. The fraction of sp³-hybridized carbons (Fsp3) is 0.609. The van der Waals surface area contributed by atoms with E-state index in [1.807, 2.05) is 12.1 Å². The van der Waals surface area contributed by atoms with Gasteiger partial charge in [-0.05, 0) is 52.4 Å². The standard InChI is InChI=1S/C23H36O2Si/c1-14(2)26(15(3)4,16(5)6)23-18(8)17(7)21(22(23)24)19-10-12-20(25-9)13-11-19/h10-17,21H,1-9H3/t17-,21+/m1/s1. The van der Waals surface area contributed by atoms with E-state index < -0.39 is 8.07 Å². The maximum absolute atomic E-state index is 13.8. The number of ketones is 1. The van der Waals surface area contributed by atoms with Gasteiger partial charge in [-0.25, -0.2) is 0 Å². The lowest BCUT2D eigenvalue weighted by Crippen LogP contribution is -2.49. The van der Waals surface area contributed by atoms with Crippen LogP contribution < -0.4 is 4.74 Å². The summed E-state index contributed by atoms with van der Waals surface area (Å²) >= 11 is 0. The Balaban J connectivity index is 2.57. The number of Topliss-reactive ketones (excluding diaryl/α,β-unsaturated/α-hetero) is 1. The lowest BCUT2D eigenvalue weighted by molar-refractivity contribution is -0.116. The van der Waals surface area contributed by atoms with Gasteiger partial charge in [0.2, 0.25) is 0 Å². The van der Waals surface area contributed by atoms with Crippen LogP contribution in [0.4, 0.5) is 0 Å². The molecule has 144 valence electrons. The average Bonchev–Trinajstić information content (AvgIpc) is 2.78. The third-order valence-corrected chi connectivity index (χ3v) is 14.1. The van der Waals surface area contributed by atoms with Gasteiger partial charge in [0.1, 0.15) is 5.75 Å². The number of carbonyl (C=O) groups excluding carboxylic acids is 1. The molecule has 2 nitrogen and oxygen atoms in total. The Kier molecular flexibility index (Phi) is 6.22. The highest BCUT2D eigenvalue weighted by Gasteiger charge is 2.53. The Bertz CT molecular complexity index is 661. The van der Waals surface area contributed by atoms with Crippen LogP contribution in [0.1, 0.15) is 66.9 Å². The molecule has 0 heterocycles. The van der Waals surface area contributed by atoms with Gasteiger partial charge in [0, 0.05) is 0 Å². The van der Waals surface area contributed by atoms with Crippen LogP contribution in [-0.4, -0.2) is 21.0 Å². The van der Waals surface area contributed by atoms with E-state index in [0.717, 1.165) is 11.3 Å². The van der Waals surface area contributed by atoms with Crippen molar-refractivity contribution >= 4 is 13.9 Å². The quantitative estimate of drug-likeness (QED) is 0.530. The molecule has 0 aromatic heterocycles. The largest absolute Gasteiger partial charge is 0.497 e. The Labute approximate surface area is 161 Å². The monoisotopic (exact) mass is 372 g/mol. The summed E-state index contributed by atoms with van der Waals surface area (Å²) in [5.41, 5.74) is 4.13. The Morgan fingerprint density at radius 3 is 1.77 bits per heavy atom. The third kappa shape index (κ3) is 3.09. The molecule has 1 aliphatic carbocycles. The van der Waals surface area contributed by atoms with Crippen molar-refractivity contribution in [1.82, 2.24) is 0 Å². The maximum atomic E-state index is 13.8. The van der Waals surface area contributed by atoms with Crippen LogP contribution in [0.5, 0.6) is 5.75 Å². The molecule has 2 rings (SSSR count). The zero-order valence-corrected chi connectivity index (χ0v) is 19.0. The summed E-state index contributed by atoms with van der Waals surface area (Å²) in [7, 11) is -0.273. The van der Waals surface area contributed by atoms with Gasteiger partial charge in [0.05, 0.1) is 21.1 Å². The van der Waals surface area contributed by atoms with Gasteiger partial charge in [-0.2, -0.15) is 0 Å². The average molecular weight is 373 g/mol. The minimum absolute atomic E-state index is 0.0426. The molecule has 0 spiro atoms. The van der Waals surface area contributed by atoms with Crippen molar-refractivity contribution in [3.05, 3.63) is 40.6 Å². The normalized spacial score (nSPS) is 21.5. The number of ether oxygens (including phenoxy) is 1. The van der Waals surface area contributed by atoms with E-state index >= 15 is 0 Å². The van der Waals surface area contributed by atoms with Gasteiger partial charge in [0.15, 0.2) is 5.78 Å². The van der Waals surface area contributed by atoms with Gasteiger partial charge in [-0.3, -0.25) is 4.79 Å². The second kappa shape index (κ2) is 7.72. The summed E-state index contributed by atoms with van der Waals surface area (Å²) in [6.45, 7) is 18.5. The molecule has 0 amide bonds. The van der Waals surface area contributed by atoms with E-state index in [1.54, 1.807) is 7.11 Å². The van der Waals surface area contributed by atoms with Gasteiger partial charge in [-0.15, -0.1) is 0 Å². The molecular weight excluding hydrogens is 336 g/mol. The summed E-state index contributed by atoms with van der Waals surface area (Å²) in [5, 5.41) is 1.24. The summed E-state index contributed by atoms with van der Waals surface area (Å²) in [6.07, 6.45) is 0. The number of rotatable bonds is 6. The third-order valence-electron chi connectivity index (χ3n) is 6.88. The van der Waals surface area contributed by atoms with Crippen LogP contribution in [0.25, 0.3) is 0 Å². The molecule has 3 heteroatoms. The highest BCUT2D eigenvalue weighted by atomic mass is 28.3. The topological polar surface area (TPSA) is 26.3 Å². The van der Waals surface area contributed by atoms with Crippen LogP contribution >= 0.6 is 0 Å². The molecule has 0 N–H and O–H groups in total. The van der Waals surface area contributed by atoms with Gasteiger partial charge in [0.25, 0.3) is 0 Å². The van der Waals surface area contributed by atoms with Crippen LogP contribution in [0.15, 0.2) is 35.0 Å². The first-order chi connectivity index (χ1) is 12.1. The molecule has 0 radical (unpaired) electrons. The molecule has 1 aromatic rings. The molecule has 2 atom stereocenters. The summed E-state index contributed by atoms with van der Waals surface area (Å²) < 4.78 is 5.29. The minimum atomic E-state index is -1.95. The highest BCUT2D eigenvalue weighted by molar-refractivity contribution is 6.93. The van der Waals surface area contributed by atoms with Gasteiger partial charge >= 0.3 is 0 Å². The maximum Gasteiger partial charge on any atom is 0.162 e. The van der Waals surface area contributed by atoms with Crippen molar-refractivity contribution in [2.24, 2.45) is 5.92 Å². The SMILES string of the molecule is COc1ccc([C@H]2C(=O)C([Si](C(C)C)(C(C)C)C(C)C)=C(C)[C@H]2C)cc1. The van der Waals surface area contributed by atoms with E-state index in [0.29, 0.717) is 22.4 Å². The molecule has 1 aliphatic rings. The highest BCUT2D eigenvalue weighted by Crippen LogP contribution is 2.53. The van der Waals surface area contributed by atoms with Gasteiger partial charge in [-0.1, -0.05) is 66.2 Å². The molecule has 0 fully saturated rings. The van der Waals surface area contributed by atoms with Crippen molar-refractivity contribution in [2.45, 2.75) is 77.9 Å². The van der Waals surface area contributed by atoms with E-state index in [1.165, 1.54) is 10.8 Å². The minimum Gasteiger partial charge on any atom is -0.497 e. The number of allylic oxidation sites excluding steroid dienone is 2. The van der Waals surface area contributed by atoms with Crippen LogP contribution in [0.2, 0.25) is 16.6 Å². The fourth-order valence-electron chi connectivity index (χ4n) is 5.73. The molecule has 26 heavy (non-hydrogen) atoms. The van der Waals surface area contributed by atoms with Crippen LogP contribution in [-0.2, 0) is 4.79 Å². The summed E-state index contributed by atoms with van der Waals surface area (Å²) in [4.78, 5) is 13.8. The molecule has 0 saturated heterocycles. The van der Waals surface area contributed by atoms with Crippen LogP contribution in [0, 0.1) is 5.92 Å². The smallest absolute Gasteiger partial charge is 0.162 e. The Hall–Kier alpha value is -1.35. The van der Waals surface area contributed by atoms with Crippen molar-refractivity contribution in [2.75, 3.05) is 7.11 Å². The first kappa shape index (κ1) is 21.0. The number of hydrogen-bond donors (Lipinski definition) is 0. The molecule has 0 bridgehead atoms. The van der Waals surface area contributed by atoms with Crippen LogP contribution in [0.3, 0.4) is 0 Å². The van der Waals surface area contributed by atoms with E-state index in [-0.39, 0.29) is 11.8 Å². The molecule has 0 aliphatic heterocycles. The summed E-state index contributed by atoms with van der Waals surface area (Å²) in [5.74, 6) is 1.46. The lowest BCUT2D eigenvalue weighted by Gasteiger charge is -2.44. The van der Waals surface area contributed by atoms with Crippen molar-refractivity contribution < 1.29 is 9.53 Å². The van der Waals surface area contributed by atoms with E-state index in [9.17, 15) is 4.79 Å². The van der Waals surface area contributed by atoms with Crippen molar-refractivity contribution in [3.8, 4) is 5.75 Å². The first-order valence-electron chi connectivity index (χ1n) is 9.99. The predicted octanol–water partition coefficient (Wildman–Crippen LogP) is 6.53. The summed E-state index contributed by atoms with van der Waals surface area (Å²) in [6, 6.07) is 8.08. The number of methoxy groups -OCH3 is 1. The Morgan fingerprint density at radius 2 is 1.38 bits per heavy atom. The van der Waals surface area contributed by atoms with E-state index in [2.05, 4.69) is 67.5 Å². The molecule has 0 saturated carbocycles. The molecular formula is C23H36O2Si. The predicted molar refractivity (Wildman–Crippen MR) is 114 cm³/mol. The van der Waals surface area contributed by atoms with E-state index in [4.69, 9.17) is 4.74 Å². The van der Waals surface area contributed by atoms with Crippen molar-refractivity contribution in [3.63, 3.8) is 0 Å². The lowest BCUT2D eigenvalue weighted by atomic mass is 9.86. The van der Waals surface area contributed by atoms with Crippen molar-refractivity contribution in [1.29, 1.82) is 0 Å². The zero-order chi connectivity index (χ0) is 19.8. The first-order valence-corrected chi connectivity index (χ1v) is 12.2. The van der Waals surface area contributed by atoms with Gasteiger partial charge < -0.3 is 4.74 Å². The zero-order valence-electron chi connectivity index (χ0n) is 18.0.